The molecule has 3 N–H and O–H groups in total. The molecule has 0 aliphatic heterocycles. The zero-order valence-electron chi connectivity index (χ0n) is 35.0. The third kappa shape index (κ3) is 39.2. The smallest absolute Gasteiger partial charge is 0.462 e. The van der Waals surface area contributed by atoms with E-state index in [1.807, 2.05) is 0 Å². The second kappa shape index (κ2) is 40.2. The minimum atomic E-state index is -4.61. The van der Waals surface area contributed by atoms with E-state index in [1.54, 1.807) is 0 Å². The molecule has 0 saturated heterocycles. The van der Waals surface area contributed by atoms with E-state index in [-0.39, 0.29) is 19.4 Å². The van der Waals surface area contributed by atoms with Crippen LogP contribution in [0.15, 0.2) is 0 Å². The number of esters is 2. The first-order valence-electron chi connectivity index (χ1n) is 22.5. The number of ether oxygens (including phenoxy) is 2. The number of carbonyl (C=O) groups is 2. The van der Waals surface area contributed by atoms with Crippen molar-refractivity contribution in [1.29, 1.82) is 0 Å². The van der Waals surface area contributed by atoms with Gasteiger partial charge in [-0.25, -0.2) is 4.57 Å². The van der Waals surface area contributed by atoms with Crippen LogP contribution in [0.25, 0.3) is 0 Å². The lowest BCUT2D eigenvalue weighted by Gasteiger charge is -2.20. The van der Waals surface area contributed by atoms with Gasteiger partial charge in [-0.3, -0.25) is 18.6 Å². The molecule has 0 rings (SSSR count). The van der Waals surface area contributed by atoms with Crippen molar-refractivity contribution in [2.45, 2.75) is 238 Å². The molecule has 1 unspecified atom stereocenters. The van der Waals surface area contributed by atoms with Gasteiger partial charge in [0, 0.05) is 12.8 Å². The molecule has 10 nitrogen and oxygen atoms in total. The van der Waals surface area contributed by atoms with Crippen molar-refractivity contribution in [1.82, 2.24) is 0 Å². The van der Waals surface area contributed by atoms with Crippen LogP contribution >= 0.6 is 7.82 Å². The molecular weight excluding hydrogens is 707 g/mol. The van der Waals surface area contributed by atoms with Gasteiger partial charge in [0.25, 0.3) is 0 Å². The standard InChI is InChI=1S/C43H85O10P/c1-3-5-7-9-11-13-15-16-17-18-19-20-21-22-23-24-25-27-28-30-32-34-42(46)50-38-41(39-52-54(48,49)51-37-40(45)36-44)53-43(47)35-33-31-29-26-14-12-10-8-6-4-2/h40-41,44-45H,3-39H2,1-2H3,(H,48,49)/t40-,41+/m1/s1. The summed E-state index contributed by atoms with van der Waals surface area (Å²) in [6.45, 7) is 2.40. The fraction of sp³-hybridized carbons (Fsp3) is 0.953. The van der Waals surface area contributed by atoms with E-state index in [0.29, 0.717) is 12.8 Å². The van der Waals surface area contributed by atoms with Crippen LogP contribution in [0.1, 0.15) is 226 Å². The number of aliphatic hydroxyl groups is 2. The number of rotatable bonds is 43. The first-order valence-corrected chi connectivity index (χ1v) is 24.0. The molecule has 0 spiro atoms. The number of phosphoric acid groups is 1. The molecule has 0 aliphatic carbocycles. The van der Waals surface area contributed by atoms with Gasteiger partial charge in [0.2, 0.25) is 0 Å². The number of aliphatic hydroxyl groups excluding tert-OH is 2. The highest BCUT2D eigenvalue weighted by Gasteiger charge is 2.27. The van der Waals surface area contributed by atoms with Crippen LogP contribution in [0.4, 0.5) is 0 Å². The monoisotopic (exact) mass is 793 g/mol. The molecule has 0 fully saturated rings. The largest absolute Gasteiger partial charge is 0.472 e. The Hall–Kier alpha value is -1.03. The molecular formula is C43H85O10P. The van der Waals surface area contributed by atoms with Crippen molar-refractivity contribution >= 4 is 19.8 Å². The summed E-state index contributed by atoms with van der Waals surface area (Å²) in [6, 6.07) is 0. The number of hydrogen-bond acceptors (Lipinski definition) is 9. The Morgan fingerprint density at radius 3 is 1.15 bits per heavy atom. The van der Waals surface area contributed by atoms with Gasteiger partial charge in [0.05, 0.1) is 19.8 Å². The molecule has 54 heavy (non-hydrogen) atoms. The highest BCUT2D eigenvalue weighted by Crippen LogP contribution is 2.43. The predicted molar refractivity (Wildman–Crippen MR) is 219 cm³/mol. The molecule has 0 heterocycles. The molecule has 3 atom stereocenters. The quantitative estimate of drug-likeness (QED) is 0.0309. The first-order chi connectivity index (χ1) is 26.2. The lowest BCUT2D eigenvalue weighted by molar-refractivity contribution is -0.161. The van der Waals surface area contributed by atoms with E-state index in [9.17, 15) is 24.2 Å². The number of hydrogen-bond donors (Lipinski definition) is 3. The van der Waals surface area contributed by atoms with E-state index in [2.05, 4.69) is 18.4 Å². The Bertz CT molecular complexity index is 873. The molecule has 11 heteroatoms. The van der Waals surface area contributed by atoms with Crippen molar-refractivity contribution in [3.63, 3.8) is 0 Å². The van der Waals surface area contributed by atoms with Crippen molar-refractivity contribution in [3.8, 4) is 0 Å². The van der Waals surface area contributed by atoms with Gasteiger partial charge in [-0.1, -0.05) is 200 Å². The van der Waals surface area contributed by atoms with Crippen LogP contribution in [0.2, 0.25) is 0 Å². The van der Waals surface area contributed by atoms with Crippen molar-refractivity contribution in [3.05, 3.63) is 0 Å². The molecule has 0 amide bonds. The Balaban J connectivity index is 4.10. The van der Waals surface area contributed by atoms with Gasteiger partial charge < -0.3 is 24.6 Å². The maximum atomic E-state index is 12.5. The summed E-state index contributed by atoms with van der Waals surface area (Å²) in [5.41, 5.74) is 0. The summed E-state index contributed by atoms with van der Waals surface area (Å²) in [7, 11) is -4.61. The zero-order valence-corrected chi connectivity index (χ0v) is 35.9. The fourth-order valence-electron chi connectivity index (χ4n) is 6.52. The zero-order chi connectivity index (χ0) is 39.8. The summed E-state index contributed by atoms with van der Waals surface area (Å²) in [6.07, 6.45) is 36.5. The van der Waals surface area contributed by atoms with E-state index in [1.165, 1.54) is 154 Å². The van der Waals surface area contributed by atoms with Gasteiger partial charge in [0.1, 0.15) is 12.7 Å². The van der Waals surface area contributed by atoms with Gasteiger partial charge in [-0.15, -0.1) is 0 Å². The maximum Gasteiger partial charge on any atom is 0.472 e. The minimum Gasteiger partial charge on any atom is -0.462 e. The molecule has 0 aromatic heterocycles. The summed E-state index contributed by atoms with van der Waals surface area (Å²) < 4.78 is 32.7. The van der Waals surface area contributed by atoms with Gasteiger partial charge in [-0.2, -0.15) is 0 Å². The van der Waals surface area contributed by atoms with Crippen LogP contribution < -0.4 is 0 Å². The predicted octanol–water partition coefficient (Wildman–Crippen LogP) is 11.8. The molecule has 0 bridgehead atoms. The third-order valence-corrected chi connectivity index (χ3v) is 11.0. The highest BCUT2D eigenvalue weighted by atomic mass is 31.2. The molecule has 0 aliphatic rings. The van der Waals surface area contributed by atoms with E-state index in [4.69, 9.17) is 19.1 Å². The molecule has 0 aromatic rings. The van der Waals surface area contributed by atoms with Gasteiger partial charge in [-0.05, 0) is 12.8 Å². The summed E-state index contributed by atoms with van der Waals surface area (Å²) in [4.78, 5) is 34.9. The van der Waals surface area contributed by atoms with Gasteiger partial charge >= 0.3 is 19.8 Å². The fourth-order valence-corrected chi connectivity index (χ4v) is 7.31. The summed E-state index contributed by atoms with van der Waals surface area (Å²) in [5, 5.41) is 18.3. The lowest BCUT2D eigenvalue weighted by atomic mass is 10.0. The molecule has 322 valence electrons. The average Bonchev–Trinajstić information content (AvgIpc) is 3.16. The Labute approximate surface area is 331 Å². The van der Waals surface area contributed by atoms with E-state index in [0.717, 1.165) is 32.1 Å². The Kier molecular flexibility index (Phi) is 39.4. The Morgan fingerprint density at radius 1 is 0.481 bits per heavy atom. The normalized spacial score (nSPS) is 13.8. The Morgan fingerprint density at radius 2 is 0.796 bits per heavy atom. The van der Waals surface area contributed by atoms with E-state index < -0.39 is 51.8 Å². The molecule has 0 aromatic carbocycles. The summed E-state index contributed by atoms with van der Waals surface area (Å²) in [5.74, 6) is -0.911. The maximum absolute atomic E-state index is 12.5. The van der Waals surface area contributed by atoms with E-state index >= 15 is 0 Å². The molecule has 0 radical (unpaired) electrons. The molecule has 0 saturated carbocycles. The number of unbranched alkanes of at least 4 members (excludes halogenated alkanes) is 29. The van der Waals surface area contributed by atoms with Crippen molar-refractivity contribution in [2.24, 2.45) is 0 Å². The second-order valence-corrected chi connectivity index (χ2v) is 16.9. The minimum absolute atomic E-state index is 0.191. The van der Waals surface area contributed by atoms with Crippen LogP contribution in [0.5, 0.6) is 0 Å². The van der Waals surface area contributed by atoms with Crippen LogP contribution in [-0.2, 0) is 32.7 Å². The van der Waals surface area contributed by atoms with Crippen LogP contribution in [0.3, 0.4) is 0 Å². The lowest BCUT2D eigenvalue weighted by Crippen LogP contribution is -2.29. The van der Waals surface area contributed by atoms with Crippen LogP contribution in [0, 0.1) is 0 Å². The number of phosphoric ester groups is 1. The summed E-state index contributed by atoms with van der Waals surface area (Å²) >= 11 is 0. The first kappa shape index (κ1) is 53.0. The third-order valence-electron chi connectivity index (χ3n) is 10.0. The second-order valence-electron chi connectivity index (χ2n) is 15.4. The number of carbonyl (C=O) groups excluding carboxylic acids is 2. The van der Waals surface area contributed by atoms with Crippen molar-refractivity contribution < 1.29 is 47.8 Å². The van der Waals surface area contributed by atoms with Crippen molar-refractivity contribution in [2.75, 3.05) is 26.4 Å². The highest BCUT2D eigenvalue weighted by molar-refractivity contribution is 7.47. The topological polar surface area (TPSA) is 149 Å². The van der Waals surface area contributed by atoms with Gasteiger partial charge in [0.15, 0.2) is 6.10 Å². The van der Waals surface area contributed by atoms with Crippen LogP contribution in [-0.4, -0.2) is 65.7 Å². The average molecular weight is 793 g/mol. The SMILES string of the molecule is CCCCCCCCCCCCCCCCCCCCCCCC(=O)OC[C@@H](COP(=O)(O)OC[C@H](O)CO)OC(=O)CCCCCCCCCCCC.